The highest BCUT2D eigenvalue weighted by molar-refractivity contribution is 6.32. The summed E-state index contributed by atoms with van der Waals surface area (Å²) in [5.74, 6) is -0.599. The van der Waals surface area contributed by atoms with Gasteiger partial charge in [0, 0.05) is 6.54 Å². The zero-order valence-electron chi connectivity index (χ0n) is 11.5. The third kappa shape index (κ3) is 2.53. The molecule has 6 heteroatoms. The predicted octanol–water partition coefficient (Wildman–Crippen LogP) is 2.91. The van der Waals surface area contributed by atoms with E-state index in [0.717, 1.165) is 11.4 Å². The van der Waals surface area contributed by atoms with Gasteiger partial charge in [0.1, 0.15) is 11.9 Å². The molecule has 2 rings (SSSR count). The van der Waals surface area contributed by atoms with E-state index < -0.39 is 5.82 Å². The average molecular weight is 293 g/mol. The molecule has 0 unspecified atom stereocenters. The second-order valence-electron chi connectivity index (χ2n) is 4.75. The van der Waals surface area contributed by atoms with Crippen molar-refractivity contribution >= 4 is 11.6 Å². The molecular weight excluding hydrogens is 279 g/mol. The minimum absolute atomic E-state index is 0.115. The van der Waals surface area contributed by atoms with Crippen LogP contribution in [0.1, 0.15) is 17.0 Å². The summed E-state index contributed by atoms with van der Waals surface area (Å²) in [6.45, 7) is 2.55. The summed E-state index contributed by atoms with van der Waals surface area (Å²) in [6.07, 6.45) is 1.62. The zero-order chi connectivity index (χ0) is 14.9. The number of benzene rings is 1. The number of nitriles is 1. The largest absolute Gasteiger partial charge is 0.304 e. The highest BCUT2D eigenvalue weighted by atomic mass is 35.5. The lowest BCUT2D eigenvalue weighted by Crippen LogP contribution is -2.15. The Morgan fingerprint density at radius 2 is 2.15 bits per heavy atom. The first-order valence-corrected chi connectivity index (χ1v) is 6.39. The molecule has 0 fully saturated rings. The van der Waals surface area contributed by atoms with Crippen LogP contribution in [0.25, 0.3) is 5.69 Å². The number of imidazole rings is 1. The molecule has 104 valence electrons. The van der Waals surface area contributed by atoms with Gasteiger partial charge in [0.2, 0.25) is 0 Å². The Balaban J connectivity index is 2.64. The summed E-state index contributed by atoms with van der Waals surface area (Å²) >= 11 is 5.87. The highest BCUT2D eigenvalue weighted by Gasteiger charge is 2.17. The number of aryl methyl sites for hydroxylation is 1. The van der Waals surface area contributed by atoms with E-state index in [1.165, 1.54) is 6.07 Å². The maximum atomic E-state index is 13.5. The van der Waals surface area contributed by atoms with Crippen molar-refractivity contribution in [2.75, 3.05) is 14.1 Å². The van der Waals surface area contributed by atoms with E-state index >= 15 is 0 Å². The number of aromatic nitrogens is 2. The van der Waals surface area contributed by atoms with Crippen molar-refractivity contribution in [2.45, 2.75) is 13.5 Å². The quantitative estimate of drug-likeness (QED) is 0.874. The van der Waals surface area contributed by atoms with Crippen LogP contribution >= 0.6 is 11.6 Å². The van der Waals surface area contributed by atoms with Gasteiger partial charge in [-0.3, -0.25) is 0 Å². The topological polar surface area (TPSA) is 44.9 Å². The van der Waals surface area contributed by atoms with Crippen LogP contribution in [0.5, 0.6) is 0 Å². The molecule has 0 aliphatic carbocycles. The van der Waals surface area contributed by atoms with Crippen molar-refractivity contribution in [3.63, 3.8) is 0 Å². The first-order valence-electron chi connectivity index (χ1n) is 6.01. The van der Waals surface area contributed by atoms with Gasteiger partial charge in [0.05, 0.1) is 34.0 Å². The number of nitrogens with zero attached hydrogens (tertiary/aromatic N) is 4. The van der Waals surface area contributed by atoms with Gasteiger partial charge in [-0.05, 0) is 33.2 Å². The Labute approximate surface area is 122 Å². The second kappa shape index (κ2) is 5.61. The molecule has 20 heavy (non-hydrogen) atoms. The van der Waals surface area contributed by atoms with Crippen LogP contribution in [0.2, 0.25) is 5.02 Å². The van der Waals surface area contributed by atoms with Gasteiger partial charge in [0.15, 0.2) is 0 Å². The molecule has 0 spiro atoms. The van der Waals surface area contributed by atoms with Crippen molar-refractivity contribution < 1.29 is 4.39 Å². The number of hydrogen-bond acceptors (Lipinski definition) is 3. The molecule has 0 amide bonds. The molecule has 0 radical (unpaired) electrons. The lowest BCUT2D eigenvalue weighted by atomic mass is 10.1. The van der Waals surface area contributed by atoms with Crippen LogP contribution in [0, 0.1) is 24.1 Å². The van der Waals surface area contributed by atoms with Crippen LogP contribution in [0.4, 0.5) is 4.39 Å². The van der Waals surface area contributed by atoms with Crippen molar-refractivity contribution in [1.82, 2.24) is 14.5 Å². The summed E-state index contributed by atoms with van der Waals surface area (Å²) < 4.78 is 15.2. The lowest BCUT2D eigenvalue weighted by Gasteiger charge is -2.15. The Bertz CT molecular complexity index is 685. The molecule has 1 aromatic heterocycles. The predicted molar refractivity (Wildman–Crippen MR) is 75.4 cm³/mol. The van der Waals surface area contributed by atoms with Gasteiger partial charge in [-0.25, -0.2) is 9.37 Å². The Hall–Kier alpha value is -1.90. The third-order valence-corrected chi connectivity index (χ3v) is 3.35. The number of hydrogen-bond donors (Lipinski definition) is 0. The molecular formula is C14H14ClFN4. The molecule has 0 bridgehead atoms. The summed E-state index contributed by atoms with van der Waals surface area (Å²) in [7, 11) is 3.89. The van der Waals surface area contributed by atoms with E-state index in [2.05, 4.69) is 4.98 Å². The monoisotopic (exact) mass is 292 g/mol. The van der Waals surface area contributed by atoms with Crippen molar-refractivity contribution in [3.05, 3.63) is 46.3 Å². The first kappa shape index (κ1) is 14.5. The molecule has 0 aliphatic heterocycles. The number of rotatable bonds is 3. The fourth-order valence-corrected chi connectivity index (χ4v) is 2.21. The molecule has 0 saturated heterocycles. The maximum absolute atomic E-state index is 13.5. The van der Waals surface area contributed by atoms with E-state index in [-0.39, 0.29) is 10.6 Å². The molecule has 0 atom stereocenters. The first-order chi connectivity index (χ1) is 9.45. The molecule has 1 aromatic carbocycles. The average Bonchev–Trinajstić information content (AvgIpc) is 2.74. The van der Waals surface area contributed by atoms with E-state index in [1.807, 2.05) is 32.0 Å². The van der Waals surface area contributed by atoms with Crippen LogP contribution in [0.15, 0.2) is 18.5 Å². The summed E-state index contributed by atoms with van der Waals surface area (Å²) in [5.41, 5.74) is 2.46. The summed E-state index contributed by atoms with van der Waals surface area (Å²) in [6, 6.07) is 4.76. The lowest BCUT2D eigenvalue weighted by molar-refractivity contribution is 0.393. The third-order valence-electron chi connectivity index (χ3n) is 2.99. The van der Waals surface area contributed by atoms with E-state index in [9.17, 15) is 9.65 Å². The van der Waals surface area contributed by atoms with Crippen molar-refractivity contribution in [3.8, 4) is 11.8 Å². The maximum Gasteiger partial charge on any atom is 0.143 e. The molecule has 0 aliphatic rings. The molecule has 2 aromatic rings. The van der Waals surface area contributed by atoms with Crippen LogP contribution in [0.3, 0.4) is 0 Å². The van der Waals surface area contributed by atoms with E-state index in [1.54, 1.807) is 17.0 Å². The number of halogens is 2. The van der Waals surface area contributed by atoms with Gasteiger partial charge < -0.3 is 9.47 Å². The summed E-state index contributed by atoms with van der Waals surface area (Å²) in [5, 5.41) is 9.06. The minimum Gasteiger partial charge on any atom is -0.304 e. The zero-order valence-corrected chi connectivity index (χ0v) is 12.2. The normalized spacial score (nSPS) is 10.8. The van der Waals surface area contributed by atoms with Gasteiger partial charge in [0.25, 0.3) is 0 Å². The van der Waals surface area contributed by atoms with Crippen LogP contribution in [-0.2, 0) is 6.54 Å². The molecule has 1 heterocycles. The standard InChI is InChI=1S/C14H14ClFN4/c1-9-13(7-19(2)3)20(8-18-9)12-5-4-11(16)14(15)10(12)6-17/h4-5,8H,7H2,1-3H3. The fourth-order valence-electron chi connectivity index (χ4n) is 2.01. The Kier molecular flexibility index (Phi) is 4.07. The van der Waals surface area contributed by atoms with E-state index in [0.29, 0.717) is 12.2 Å². The van der Waals surface area contributed by atoms with Gasteiger partial charge >= 0.3 is 0 Å². The molecule has 4 nitrogen and oxygen atoms in total. The van der Waals surface area contributed by atoms with Crippen LogP contribution < -0.4 is 0 Å². The molecule has 0 saturated carbocycles. The minimum atomic E-state index is -0.599. The smallest absolute Gasteiger partial charge is 0.143 e. The summed E-state index contributed by atoms with van der Waals surface area (Å²) in [4.78, 5) is 6.26. The molecule has 0 N–H and O–H groups in total. The van der Waals surface area contributed by atoms with Gasteiger partial charge in [-0.1, -0.05) is 11.6 Å². The van der Waals surface area contributed by atoms with Crippen molar-refractivity contribution in [2.24, 2.45) is 0 Å². The van der Waals surface area contributed by atoms with Crippen LogP contribution in [-0.4, -0.2) is 28.5 Å². The second-order valence-corrected chi connectivity index (χ2v) is 5.13. The van der Waals surface area contributed by atoms with Gasteiger partial charge in [-0.15, -0.1) is 0 Å². The fraction of sp³-hybridized carbons (Fsp3) is 0.286. The Morgan fingerprint density at radius 1 is 1.45 bits per heavy atom. The van der Waals surface area contributed by atoms with Crippen molar-refractivity contribution in [1.29, 1.82) is 5.26 Å². The van der Waals surface area contributed by atoms with E-state index in [4.69, 9.17) is 11.6 Å². The van der Waals surface area contributed by atoms with Gasteiger partial charge in [-0.2, -0.15) is 5.26 Å². The SMILES string of the molecule is Cc1ncn(-c2ccc(F)c(Cl)c2C#N)c1CN(C)C. The Morgan fingerprint density at radius 3 is 2.75 bits per heavy atom. The highest BCUT2D eigenvalue weighted by Crippen LogP contribution is 2.27.